The smallest absolute Gasteiger partial charge is 0.229 e. The highest BCUT2D eigenvalue weighted by Crippen LogP contribution is 2.37. The van der Waals surface area contributed by atoms with E-state index in [4.69, 9.17) is 10.8 Å². The molecular formula is C16H18BrN5O2. The van der Waals surface area contributed by atoms with E-state index in [9.17, 15) is 4.79 Å². The standard InChI is InChI=1S/C16H18BrN5O2/c1-9-13(15(18)24)14(10-4-6-11(17)7-5-10)22-16(19-9)20-12(21-22)3-2-8-23/h4-7,13-14,23H,1-3,8H2,(H2,18,24)(H,19,20,21). The molecule has 0 aliphatic carbocycles. The Morgan fingerprint density at radius 1 is 1.42 bits per heavy atom. The van der Waals surface area contributed by atoms with Crippen LogP contribution in [0.4, 0.5) is 5.95 Å². The number of rotatable bonds is 5. The van der Waals surface area contributed by atoms with Gasteiger partial charge >= 0.3 is 0 Å². The lowest BCUT2D eigenvalue weighted by Crippen LogP contribution is -2.40. The number of fused-ring (bicyclic) bond motifs is 1. The predicted octanol–water partition coefficient (Wildman–Crippen LogP) is 1.60. The van der Waals surface area contributed by atoms with Gasteiger partial charge in [-0.3, -0.25) is 4.79 Å². The highest BCUT2D eigenvalue weighted by molar-refractivity contribution is 9.10. The number of amides is 1. The summed E-state index contributed by atoms with van der Waals surface area (Å²) in [5, 5.41) is 16.5. The van der Waals surface area contributed by atoms with Gasteiger partial charge in [0.05, 0.1) is 6.04 Å². The molecule has 1 aliphatic rings. The van der Waals surface area contributed by atoms with Crippen molar-refractivity contribution in [2.45, 2.75) is 18.9 Å². The molecule has 0 spiro atoms. The Labute approximate surface area is 147 Å². The number of hydrogen-bond acceptors (Lipinski definition) is 5. The molecule has 0 radical (unpaired) electrons. The van der Waals surface area contributed by atoms with Crippen molar-refractivity contribution in [3.8, 4) is 0 Å². The summed E-state index contributed by atoms with van der Waals surface area (Å²) in [6, 6.07) is 7.24. The third-order valence-corrected chi connectivity index (χ3v) is 4.51. The average Bonchev–Trinajstić information content (AvgIpc) is 2.94. The Hall–Kier alpha value is -2.19. The van der Waals surface area contributed by atoms with E-state index in [0.29, 0.717) is 30.3 Å². The van der Waals surface area contributed by atoms with Gasteiger partial charge in [0, 0.05) is 23.2 Å². The maximum atomic E-state index is 12.0. The van der Waals surface area contributed by atoms with Gasteiger partial charge in [0.2, 0.25) is 11.9 Å². The molecule has 126 valence electrons. The number of nitrogens with zero attached hydrogens (tertiary/aromatic N) is 3. The van der Waals surface area contributed by atoms with Gasteiger partial charge in [-0.2, -0.15) is 10.1 Å². The van der Waals surface area contributed by atoms with Gasteiger partial charge in [-0.1, -0.05) is 34.6 Å². The summed E-state index contributed by atoms with van der Waals surface area (Å²) in [7, 11) is 0. The van der Waals surface area contributed by atoms with Crippen LogP contribution in [0.1, 0.15) is 23.9 Å². The summed E-state index contributed by atoms with van der Waals surface area (Å²) < 4.78 is 2.62. The van der Waals surface area contributed by atoms with Crippen molar-refractivity contribution in [3.05, 3.63) is 52.4 Å². The van der Waals surface area contributed by atoms with Crippen molar-refractivity contribution < 1.29 is 9.90 Å². The fourth-order valence-corrected chi connectivity index (χ4v) is 3.13. The molecule has 1 amide bonds. The van der Waals surface area contributed by atoms with Crippen molar-refractivity contribution in [1.29, 1.82) is 0 Å². The van der Waals surface area contributed by atoms with Crippen LogP contribution in [0.2, 0.25) is 0 Å². The minimum atomic E-state index is -0.633. The van der Waals surface area contributed by atoms with Gasteiger partial charge in [-0.05, 0) is 24.1 Å². The molecule has 8 heteroatoms. The predicted molar refractivity (Wildman–Crippen MR) is 93.2 cm³/mol. The number of benzene rings is 1. The van der Waals surface area contributed by atoms with E-state index in [-0.39, 0.29) is 6.61 Å². The van der Waals surface area contributed by atoms with Crippen LogP contribution >= 0.6 is 15.9 Å². The van der Waals surface area contributed by atoms with Gasteiger partial charge in [-0.25, -0.2) is 4.68 Å². The highest BCUT2D eigenvalue weighted by Gasteiger charge is 2.38. The number of hydrogen-bond donors (Lipinski definition) is 3. The number of nitrogens with two attached hydrogens (primary N) is 1. The SMILES string of the molecule is C=C1Nc2nc(CCCO)nn2C(c2ccc(Br)cc2)C1C(N)=O. The van der Waals surface area contributed by atoms with Gasteiger partial charge in [0.15, 0.2) is 5.82 Å². The van der Waals surface area contributed by atoms with Crippen LogP contribution < -0.4 is 11.1 Å². The summed E-state index contributed by atoms with van der Waals surface area (Å²) in [6.07, 6.45) is 1.13. The van der Waals surface area contributed by atoms with Crippen LogP contribution in [-0.4, -0.2) is 32.4 Å². The Balaban J connectivity index is 2.07. The lowest BCUT2D eigenvalue weighted by molar-refractivity contribution is -0.121. The Kier molecular flexibility index (Phi) is 4.68. The fraction of sp³-hybridized carbons (Fsp3) is 0.312. The largest absolute Gasteiger partial charge is 0.396 e. The minimum Gasteiger partial charge on any atom is -0.396 e. The number of carbonyl (C=O) groups excluding carboxylic acids is 1. The first-order valence-electron chi connectivity index (χ1n) is 7.58. The number of aryl methyl sites for hydroxylation is 1. The van der Waals surface area contributed by atoms with Gasteiger partial charge < -0.3 is 16.2 Å². The second kappa shape index (κ2) is 6.74. The van der Waals surface area contributed by atoms with Gasteiger partial charge in [-0.15, -0.1) is 0 Å². The molecule has 2 atom stereocenters. The first-order valence-corrected chi connectivity index (χ1v) is 8.37. The maximum Gasteiger partial charge on any atom is 0.229 e. The van der Waals surface area contributed by atoms with Crippen molar-refractivity contribution >= 4 is 27.8 Å². The average molecular weight is 392 g/mol. The monoisotopic (exact) mass is 391 g/mol. The van der Waals surface area contributed by atoms with Crippen LogP contribution in [0.25, 0.3) is 0 Å². The number of carbonyl (C=O) groups is 1. The van der Waals surface area contributed by atoms with Crippen LogP contribution in [-0.2, 0) is 11.2 Å². The molecule has 4 N–H and O–H groups in total. The van der Waals surface area contributed by atoms with Crippen LogP contribution in [0.5, 0.6) is 0 Å². The topological polar surface area (TPSA) is 106 Å². The molecular weight excluding hydrogens is 374 g/mol. The summed E-state index contributed by atoms with van der Waals surface area (Å²) in [6.45, 7) is 4.01. The van der Waals surface area contributed by atoms with E-state index in [1.807, 2.05) is 24.3 Å². The molecule has 1 aliphatic heterocycles. The fourth-order valence-electron chi connectivity index (χ4n) is 2.86. The molecule has 3 rings (SSSR count). The number of halogens is 1. The Bertz CT molecular complexity index is 771. The quantitative estimate of drug-likeness (QED) is 0.717. The third kappa shape index (κ3) is 3.07. The van der Waals surface area contributed by atoms with E-state index in [2.05, 4.69) is 37.9 Å². The second-order valence-corrected chi connectivity index (χ2v) is 6.57. The molecule has 24 heavy (non-hydrogen) atoms. The van der Waals surface area contributed by atoms with Gasteiger partial charge in [0.1, 0.15) is 5.92 Å². The molecule has 1 aromatic heterocycles. The van der Waals surface area contributed by atoms with Gasteiger partial charge in [0.25, 0.3) is 0 Å². The molecule has 0 saturated carbocycles. The van der Waals surface area contributed by atoms with Crippen molar-refractivity contribution in [2.75, 3.05) is 11.9 Å². The molecule has 1 aromatic carbocycles. The normalized spacial score (nSPS) is 19.7. The molecule has 2 heterocycles. The van der Waals surface area contributed by atoms with E-state index < -0.39 is 17.9 Å². The van der Waals surface area contributed by atoms with Crippen molar-refractivity contribution in [2.24, 2.45) is 11.7 Å². The number of nitrogens with one attached hydrogen (secondary N) is 1. The highest BCUT2D eigenvalue weighted by atomic mass is 79.9. The van der Waals surface area contributed by atoms with E-state index in [1.165, 1.54) is 0 Å². The zero-order chi connectivity index (χ0) is 17.3. The van der Waals surface area contributed by atoms with Crippen LogP contribution in [0.15, 0.2) is 41.0 Å². The molecule has 7 nitrogen and oxygen atoms in total. The van der Waals surface area contributed by atoms with E-state index >= 15 is 0 Å². The number of aliphatic hydroxyl groups is 1. The van der Waals surface area contributed by atoms with Crippen molar-refractivity contribution in [1.82, 2.24) is 14.8 Å². The van der Waals surface area contributed by atoms with E-state index in [0.717, 1.165) is 10.0 Å². The summed E-state index contributed by atoms with van der Waals surface area (Å²) in [4.78, 5) is 16.5. The number of aromatic nitrogens is 3. The zero-order valence-electron chi connectivity index (χ0n) is 12.9. The third-order valence-electron chi connectivity index (χ3n) is 3.98. The summed E-state index contributed by atoms with van der Waals surface area (Å²) >= 11 is 3.41. The van der Waals surface area contributed by atoms with Crippen LogP contribution in [0, 0.1) is 5.92 Å². The maximum absolute atomic E-state index is 12.0. The zero-order valence-corrected chi connectivity index (χ0v) is 14.5. The molecule has 2 aromatic rings. The minimum absolute atomic E-state index is 0.0735. The Morgan fingerprint density at radius 3 is 2.75 bits per heavy atom. The molecule has 0 saturated heterocycles. The molecule has 0 bridgehead atoms. The van der Waals surface area contributed by atoms with Crippen molar-refractivity contribution in [3.63, 3.8) is 0 Å². The van der Waals surface area contributed by atoms with E-state index in [1.54, 1.807) is 4.68 Å². The first-order chi connectivity index (χ1) is 11.5. The summed E-state index contributed by atoms with van der Waals surface area (Å²) in [5.41, 5.74) is 7.01. The molecule has 0 fully saturated rings. The summed E-state index contributed by atoms with van der Waals surface area (Å²) in [5.74, 6) is 0.0227. The first kappa shape index (κ1) is 16.7. The lowest BCUT2D eigenvalue weighted by atomic mass is 9.89. The lowest BCUT2D eigenvalue weighted by Gasteiger charge is -2.32. The second-order valence-electron chi connectivity index (χ2n) is 5.65. The number of primary amides is 1. The number of anilines is 1. The number of aliphatic hydroxyl groups excluding tert-OH is 1. The van der Waals surface area contributed by atoms with Crippen LogP contribution in [0.3, 0.4) is 0 Å². The Morgan fingerprint density at radius 2 is 2.12 bits per heavy atom. The molecule has 2 unspecified atom stereocenters.